The summed E-state index contributed by atoms with van der Waals surface area (Å²) in [5.74, 6) is -0.328. The van der Waals surface area contributed by atoms with Gasteiger partial charge in [0.15, 0.2) is 0 Å². The highest BCUT2D eigenvalue weighted by atomic mass is 16.5. The first-order chi connectivity index (χ1) is 11.7. The van der Waals surface area contributed by atoms with Gasteiger partial charge in [0.25, 0.3) is 0 Å². The number of hydrogen-bond donors (Lipinski definition) is 1. The smallest absolute Gasteiger partial charge is 0.227 e. The fraction of sp³-hybridized carbons (Fsp3) is 0.579. The van der Waals surface area contributed by atoms with Crippen LogP contribution in [0.1, 0.15) is 38.7 Å². The third-order valence-corrected chi connectivity index (χ3v) is 4.31. The number of nitrogens with one attached hydrogen (secondary N) is 1. The Kier molecular flexibility index (Phi) is 7.25. The molecule has 1 atom stereocenters. The van der Waals surface area contributed by atoms with Gasteiger partial charge < -0.3 is 15.0 Å². The second kappa shape index (κ2) is 9.42. The number of anilines is 1. The second-order valence-corrected chi connectivity index (χ2v) is 6.16. The molecule has 132 valence electrons. The third kappa shape index (κ3) is 5.06. The first-order valence-corrected chi connectivity index (χ1v) is 8.90. The monoisotopic (exact) mass is 332 g/mol. The summed E-state index contributed by atoms with van der Waals surface area (Å²) in [4.78, 5) is 26.1. The summed E-state index contributed by atoms with van der Waals surface area (Å²) in [7, 11) is 0. The minimum absolute atomic E-state index is 0.0151. The van der Waals surface area contributed by atoms with Crippen LogP contribution in [0, 0.1) is 5.92 Å². The van der Waals surface area contributed by atoms with Crippen molar-refractivity contribution in [3.8, 4) is 0 Å². The standard InChI is InChI=1S/C19H28N2O3/c1-3-5-6-15-7-9-17(10-8-15)21-14-16(13-18(21)22)19(23)20-11-12-24-4-2/h7-10,16H,3-6,11-14H2,1-2H3,(H,20,23). The van der Waals surface area contributed by atoms with Gasteiger partial charge >= 0.3 is 0 Å². The average Bonchev–Trinajstić information content (AvgIpc) is 2.99. The van der Waals surface area contributed by atoms with Crippen LogP contribution >= 0.6 is 0 Å². The van der Waals surface area contributed by atoms with Crippen molar-refractivity contribution in [3.63, 3.8) is 0 Å². The van der Waals surface area contributed by atoms with Crippen LogP contribution in [0.2, 0.25) is 0 Å². The fourth-order valence-corrected chi connectivity index (χ4v) is 2.89. The van der Waals surface area contributed by atoms with Crippen LogP contribution in [0.25, 0.3) is 0 Å². The van der Waals surface area contributed by atoms with Crippen LogP contribution < -0.4 is 10.2 Å². The number of rotatable bonds is 9. The number of aryl methyl sites for hydroxylation is 1. The molecular formula is C19H28N2O3. The maximum atomic E-state index is 12.2. The molecule has 1 aromatic carbocycles. The van der Waals surface area contributed by atoms with Gasteiger partial charge in [0.05, 0.1) is 12.5 Å². The minimum Gasteiger partial charge on any atom is -0.380 e. The van der Waals surface area contributed by atoms with Crippen molar-refractivity contribution < 1.29 is 14.3 Å². The molecule has 1 heterocycles. The first-order valence-electron chi connectivity index (χ1n) is 8.90. The molecule has 0 spiro atoms. The van der Waals surface area contributed by atoms with Crippen LogP contribution in [-0.2, 0) is 20.7 Å². The number of unbranched alkanes of at least 4 members (excludes halogenated alkanes) is 1. The Balaban J connectivity index is 1.88. The van der Waals surface area contributed by atoms with Crippen molar-refractivity contribution in [1.29, 1.82) is 0 Å². The Morgan fingerprint density at radius 3 is 2.71 bits per heavy atom. The topological polar surface area (TPSA) is 58.6 Å². The van der Waals surface area contributed by atoms with E-state index in [-0.39, 0.29) is 24.2 Å². The molecule has 24 heavy (non-hydrogen) atoms. The van der Waals surface area contributed by atoms with E-state index in [0.29, 0.717) is 26.3 Å². The van der Waals surface area contributed by atoms with Crippen molar-refractivity contribution in [2.75, 3.05) is 31.2 Å². The summed E-state index contributed by atoms with van der Waals surface area (Å²) in [5, 5.41) is 2.84. The van der Waals surface area contributed by atoms with Gasteiger partial charge in [-0.15, -0.1) is 0 Å². The fourth-order valence-electron chi connectivity index (χ4n) is 2.89. The average molecular weight is 332 g/mol. The maximum Gasteiger partial charge on any atom is 0.227 e. The van der Waals surface area contributed by atoms with Gasteiger partial charge in [-0.1, -0.05) is 25.5 Å². The minimum atomic E-state index is -0.279. The quantitative estimate of drug-likeness (QED) is 0.707. The Hall–Kier alpha value is -1.88. The second-order valence-electron chi connectivity index (χ2n) is 6.16. The zero-order chi connectivity index (χ0) is 17.4. The molecule has 1 aliphatic heterocycles. The van der Waals surface area contributed by atoms with Crippen molar-refractivity contribution in [2.24, 2.45) is 5.92 Å². The number of amides is 2. The van der Waals surface area contributed by atoms with Crippen LogP contribution in [0.3, 0.4) is 0 Å². The van der Waals surface area contributed by atoms with E-state index in [1.807, 2.05) is 19.1 Å². The van der Waals surface area contributed by atoms with E-state index in [9.17, 15) is 9.59 Å². The van der Waals surface area contributed by atoms with Crippen LogP contribution in [0.5, 0.6) is 0 Å². The first kappa shape index (κ1) is 18.5. The SMILES string of the molecule is CCCCc1ccc(N2CC(C(=O)NCCOCC)CC2=O)cc1. The molecule has 0 saturated carbocycles. The molecule has 1 N–H and O–H groups in total. The Morgan fingerprint density at radius 2 is 2.04 bits per heavy atom. The molecule has 1 fully saturated rings. The lowest BCUT2D eigenvalue weighted by atomic mass is 10.1. The van der Waals surface area contributed by atoms with Gasteiger partial charge in [0.2, 0.25) is 11.8 Å². The van der Waals surface area contributed by atoms with Gasteiger partial charge in [0.1, 0.15) is 0 Å². The van der Waals surface area contributed by atoms with Gasteiger partial charge in [-0.05, 0) is 37.5 Å². The number of benzene rings is 1. The van der Waals surface area contributed by atoms with Crippen LogP contribution in [0.15, 0.2) is 24.3 Å². The molecular weight excluding hydrogens is 304 g/mol. The Bertz CT molecular complexity index is 542. The highest BCUT2D eigenvalue weighted by molar-refractivity contribution is 6.00. The highest BCUT2D eigenvalue weighted by Gasteiger charge is 2.34. The predicted octanol–water partition coefficient (Wildman–Crippen LogP) is 2.53. The lowest BCUT2D eigenvalue weighted by Crippen LogP contribution is -2.34. The number of ether oxygens (including phenoxy) is 1. The summed E-state index contributed by atoms with van der Waals surface area (Å²) in [6.45, 7) is 6.18. The summed E-state index contributed by atoms with van der Waals surface area (Å²) in [6.07, 6.45) is 3.69. The molecule has 1 saturated heterocycles. The summed E-state index contributed by atoms with van der Waals surface area (Å²) in [5.41, 5.74) is 2.17. The van der Waals surface area contributed by atoms with E-state index >= 15 is 0 Å². The molecule has 1 aliphatic rings. The van der Waals surface area contributed by atoms with Gasteiger partial charge in [0, 0.05) is 31.8 Å². The lowest BCUT2D eigenvalue weighted by Gasteiger charge is -2.17. The largest absolute Gasteiger partial charge is 0.380 e. The van der Waals surface area contributed by atoms with E-state index in [1.165, 1.54) is 18.4 Å². The number of carbonyl (C=O) groups excluding carboxylic acids is 2. The molecule has 2 rings (SSSR count). The zero-order valence-electron chi connectivity index (χ0n) is 14.7. The molecule has 0 aromatic heterocycles. The summed E-state index contributed by atoms with van der Waals surface area (Å²) in [6, 6.07) is 8.12. The van der Waals surface area contributed by atoms with Gasteiger partial charge in [-0.25, -0.2) is 0 Å². The van der Waals surface area contributed by atoms with Crippen molar-refractivity contribution >= 4 is 17.5 Å². The molecule has 0 bridgehead atoms. The van der Waals surface area contributed by atoms with Crippen LogP contribution in [0.4, 0.5) is 5.69 Å². The molecule has 1 unspecified atom stereocenters. The van der Waals surface area contributed by atoms with E-state index in [1.54, 1.807) is 4.90 Å². The lowest BCUT2D eigenvalue weighted by molar-refractivity contribution is -0.126. The molecule has 0 aliphatic carbocycles. The van der Waals surface area contributed by atoms with E-state index < -0.39 is 0 Å². The zero-order valence-corrected chi connectivity index (χ0v) is 14.7. The van der Waals surface area contributed by atoms with Gasteiger partial charge in [-0.2, -0.15) is 0 Å². The van der Waals surface area contributed by atoms with Crippen molar-refractivity contribution in [2.45, 2.75) is 39.5 Å². The Morgan fingerprint density at radius 1 is 1.29 bits per heavy atom. The molecule has 0 radical (unpaired) electrons. The van der Waals surface area contributed by atoms with E-state index in [4.69, 9.17) is 4.74 Å². The predicted molar refractivity (Wildman–Crippen MR) is 95.0 cm³/mol. The molecule has 1 aromatic rings. The molecule has 5 heteroatoms. The van der Waals surface area contributed by atoms with Crippen molar-refractivity contribution in [1.82, 2.24) is 5.32 Å². The Labute approximate surface area is 144 Å². The van der Waals surface area contributed by atoms with Crippen LogP contribution in [-0.4, -0.2) is 38.1 Å². The number of carbonyl (C=O) groups is 2. The highest BCUT2D eigenvalue weighted by Crippen LogP contribution is 2.25. The summed E-state index contributed by atoms with van der Waals surface area (Å²) >= 11 is 0. The maximum absolute atomic E-state index is 12.2. The van der Waals surface area contributed by atoms with E-state index in [2.05, 4.69) is 24.4 Å². The normalized spacial score (nSPS) is 17.3. The van der Waals surface area contributed by atoms with E-state index in [0.717, 1.165) is 12.1 Å². The molecule has 5 nitrogen and oxygen atoms in total. The summed E-state index contributed by atoms with van der Waals surface area (Å²) < 4.78 is 5.21. The van der Waals surface area contributed by atoms with Crippen molar-refractivity contribution in [3.05, 3.63) is 29.8 Å². The van der Waals surface area contributed by atoms with Gasteiger partial charge in [-0.3, -0.25) is 9.59 Å². The number of nitrogens with zero attached hydrogens (tertiary/aromatic N) is 1. The molecule has 2 amide bonds. The number of hydrogen-bond acceptors (Lipinski definition) is 3. The third-order valence-electron chi connectivity index (χ3n) is 4.31.